The number of carbonyl (C=O) groups excluding carboxylic acids is 1. The predicted molar refractivity (Wildman–Crippen MR) is 74.2 cm³/mol. The summed E-state index contributed by atoms with van der Waals surface area (Å²) in [6.07, 6.45) is 3.87. The van der Waals surface area contributed by atoms with Gasteiger partial charge in [-0.05, 0) is 25.2 Å². The fraction of sp³-hybridized carbons (Fsp3) is 0.833. The molecule has 0 radical (unpaired) electrons. The summed E-state index contributed by atoms with van der Waals surface area (Å²) in [5.41, 5.74) is 0. The van der Waals surface area contributed by atoms with Crippen LogP contribution in [0.25, 0.3) is 0 Å². The Labute approximate surface area is 119 Å². The van der Waals surface area contributed by atoms with Crippen LogP contribution in [0.5, 0.6) is 0 Å². The van der Waals surface area contributed by atoms with Gasteiger partial charge in [-0.1, -0.05) is 6.42 Å². The van der Waals surface area contributed by atoms with E-state index in [0.29, 0.717) is 19.4 Å². The lowest BCUT2D eigenvalue weighted by Gasteiger charge is -2.16. The van der Waals surface area contributed by atoms with Crippen LogP contribution >= 0.6 is 0 Å². The van der Waals surface area contributed by atoms with Crippen LogP contribution in [-0.4, -0.2) is 50.6 Å². The molecule has 7 nitrogen and oxygen atoms in total. The zero-order valence-corrected chi connectivity index (χ0v) is 12.4. The number of carbonyl (C=O) groups is 2. The molecule has 1 aliphatic carbocycles. The molecule has 2 amide bonds. The highest BCUT2D eigenvalue weighted by Crippen LogP contribution is 2.31. The molecule has 8 heteroatoms. The molecule has 2 atom stereocenters. The lowest BCUT2D eigenvalue weighted by molar-refractivity contribution is -0.142. The minimum absolute atomic E-state index is 0.0192. The summed E-state index contributed by atoms with van der Waals surface area (Å²) in [5.74, 6) is -1.16. The van der Waals surface area contributed by atoms with E-state index < -0.39 is 15.8 Å². The summed E-state index contributed by atoms with van der Waals surface area (Å²) in [6, 6.07) is -0.380. The van der Waals surface area contributed by atoms with Crippen molar-refractivity contribution >= 4 is 21.8 Å². The quantitative estimate of drug-likeness (QED) is 0.582. The Morgan fingerprint density at radius 3 is 2.55 bits per heavy atom. The molecular weight excluding hydrogens is 284 g/mol. The highest BCUT2D eigenvalue weighted by Gasteiger charge is 2.32. The van der Waals surface area contributed by atoms with Crippen molar-refractivity contribution in [3.8, 4) is 0 Å². The van der Waals surface area contributed by atoms with Crippen molar-refractivity contribution in [2.75, 3.05) is 25.1 Å². The van der Waals surface area contributed by atoms with Gasteiger partial charge in [-0.2, -0.15) is 0 Å². The first-order chi connectivity index (χ1) is 9.29. The largest absolute Gasteiger partial charge is 0.481 e. The van der Waals surface area contributed by atoms with Gasteiger partial charge in [-0.25, -0.2) is 13.2 Å². The molecule has 0 bridgehead atoms. The molecule has 0 spiro atoms. The molecule has 0 aromatic rings. The van der Waals surface area contributed by atoms with Gasteiger partial charge in [0.05, 0.1) is 11.7 Å². The van der Waals surface area contributed by atoms with Gasteiger partial charge in [-0.3, -0.25) is 4.79 Å². The number of hydrogen-bond acceptors (Lipinski definition) is 4. The van der Waals surface area contributed by atoms with Gasteiger partial charge in [0.1, 0.15) is 9.84 Å². The Balaban J connectivity index is 2.18. The number of hydrogen-bond donors (Lipinski definition) is 3. The number of nitrogens with one attached hydrogen (secondary N) is 2. The van der Waals surface area contributed by atoms with Crippen molar-refractivity contribution in [1.82, 2.24) is 10.6 Å². The van der Waals surface area contributed by atoms with Crippen molar-refractivity contribution in [3.63, 3.8) is 0 Å². The Bertz CT molecular complexity index is 449. The smallest absolute Gasteiger partial charge is 0.314 e. The van der Waals surface area contributed by atoms with Gasteiger partial charge in [0, 0.05) is 19.3 Å². The Kier molecular flexibility index (Phi) is 6.25. The van der Waals surface area contributed by atoms with E-state index in [1.807, 2.05) is 0 Å². The molecule has 20 heavy (non-hydrogen) atoms. The van der Waals surface area contributed by atoms with Crippen LogP contribution < -0.4 is 10.6 Å². The van der Waals surface area contributed by atoms with Crippen LogP contribution in [0.15, 0.2) is 0 Å². The van der Waals surface area contributed by atoms with Crippen LogP contribution in [0.2, 0.25) is 0 Å². The number of carboxylic acid groups (broad SMARTS) is 1. The lowest BCUT2D eigenvalue weighted by atomic mass is 9.96. The molecule has 0 saturated heterocycles. The summed E-state index contributed by atoms with van der Waals surface area (Å²) < 4.78 is 21.8. The summed E-state index contributed by atoms with van der Waals surface area (Å²) in [7, 11) is -3.00. The molecule has 1 saturated carbocycles. The number of aliphatic carboxylic acids is 1. The average Bonchev–Trinajstić information content (AvgIpc) is 2.79. The van der Waals surface area contributed by atoms with E-state index >= 15 is 0 Å². The van der Waals surface area contributed by atoms with Crippen molar-refractivity contribution in [3.05, 3.63) is 0 Å². The van der Waals surface area contributed by atoms with Crippen LogP contribution in [0, 0.1) is 11.8 Å². The molecule has 0 aliphatic heterocycles. The summed E-state index contributed by atoms with van der Waals surface area (Å²) in [4.78, 5) is 22.5. The standard InChI is InChI=1S/C12H22N2O5S/c1-20(18,19)7-3-6-13-12(17)14-8-9-4-2-5-10(9)11(15)16/h9-10H,2-8H2,1H3,(H,15,16)(H2,13,14,17). The number of carboxylic acids is 1. The first-order valence-corrected chi connectivity index (χ1v) is 8.78. The first-order valence-electron chi connectivity index (χ1n) is 6.72. The second-order valence-corrected chi connectivity index (χ2v) is 7.52. The molecule has 0 heterocycles. The highest BCUT2D eigenvalue weighted by molar-refractivity contribution is 7.90. The molecule has 116 valence electrons. The zero-order valence-electron chi connectivity index (χ0n) is 11.6. The van der Waals surface area contributed by atoms with Gasteiger partial charge in [0.15, 0.2) is 0 Å². The number of rotatable bonds is 7. The Morgan fingerprint density at radius 1 is 1.25 bits per heavy atom. The van der Waals surface area contributed by atoms with Gasteiger partial charge in [-0.15, -0.1) is 0 Å². The molecule has 1 rings (SSSR count). The fourth-order valence-corrected chi connectivity index (χ4v) is 3.10. The predicted octanol–water partition coefficient (Wildman–Crippen LogP) is 0.221. The Morgan fingerprint density at radius 2 is 1.95 bits per heavy atom. The van der Waals surface area contributed by atoms with E-state index in [4.69, 9.17) is 5.11 Å². The summed E-state index contributed by atoms with van der Waals surface area (Å²) in [6.45, 7) is 0.626. The van der Waals surface area contributed by atoms with Crippen molar-refractivity contribution in [2.45, 2.75) is 25.7 Å². The summed E-state index contributed by atoms with van der Waals surface area (Å²) >= 11 is 0. The first kappa shape index (κ1) is 16.7. The van der Waals surface area contributed by atoms with Crippen LogP contribution in [0.4, 0.5) is 4.79 Å². The minimum atomic E-state index is -3.00. The molecule has 2 unspecified atom stereocenters. The van der Waals surface area contributed by atoms with E-state index in [0.717, 1.165) is 19.1 Å². The highest BCUT2D eigenvalue weighted by atomic mass is 32.2. The number of sulfone groups is 1. The van der Waals surface area contributed by atoms with E-state index in [2.05, 4.69) is 10.6 Å². The summed E-state index contributed by atoms with van der Waals surface area (Å²) in [5, 5.41) is 14.2. The van der Waals surface area contributed by atoms with Gasteiger partial charge < -0.3 is 15.7 Å². The number of urea groups is 1. The van der Waals surface area contributed by atoms with Gasteiger partial charge in [0.25, 0.3) is 0 Å². The monoisotopic (exact) mass is 306 g/mol. The lowest BCUT2D eigenvalue weighted by Crippen LogP contribution is -2.40. The van der Waals surface area contributed by atoms with E-state index in [-0.39, 0.29) is 30.2 Å². The topological polar surface area (TPSA) is 113 Å². The van der Waals surface area contributed by atoms with E-state index in [1.165, 1.54) is 0 Å². The van der Waals surface area contributed by atoms with Crippen molar-refractivity contribution in [2.24, 2.45) is 11.8 Å². The van der Waals surface area contributed by atoms with Crippen LogP contribution in [0.1, 0.15) is 25.7 Å². The average molecular weight is 306 g/mol. The third-order valence-corrected chi connectivity index (χ3v) is 4.51. The molecule has 1 fully saturated rings. The molecule has 1 aliphatic rings. The molecular formula is C12H22N2O5S. The maximum atomic E-state index is 11.5. The van der Waals surface area contributed by atoms with E-state index in [9.17, 15) is 18.0 Å². The van der Waals surface area contributed by atoms with Crippen molar-refractivity contribution in [1.29, 1.82) is 0 Å². The second-order valence-electron chi connectivity index (χ2n) is 5.26. The van der Waals surface area contributed by atoms with Crippen LogP contribution in [0.3, 0.4) is 0 Å². The van der Waals surface area contributed by atoms with E-state index in [1.54, 1.807) is 0 Å². The third-order valence-electron chi connectivity index (χ3n) is 3.48. The fourth-order valence-electron chi connectivity index (χ4n) is 2.43. The molecule has 0 aromatic heterocycles. The normalized spacial score (nSPS) is 22.4. The van der Waals surface area contributed by atoms with Crippen molar-refractivity contribution < 1.29 is 23.1 Å². The maximum Gasteiger partial charge on any atom is 0.314 e. The molecule has 0 aromatic carbocycles. The van der Waals surface area contributed by atoms with Gasteiger partial charge >= 0.3 is 12.0 Å². The SMILES string of the molecule is CS(=O)(=O)CCCNC(=O)NCC1CCCC1C(=O)O. The Hall–Kier alpha value is -1.31. The van der Waals surface area contributed by atoms with Gasteiger partial charge in [0.2, 0.25) is 0 Å². The molecule has 3 N–H and O–H groups in total. The minimum Gasteiger partial charge on any atom is -0.481 e. The van der Waals surface area contributed by atoms with Crippen LogP contribution in [-0.2, 0) is 14.6 Å². The second kappa shape index (κ2) is 7.47. The third kappa shape index (κ3) is 6.23. The number of amides is 2. The maximum absolute atomic E-state index is 11.5. The zero-order chi connectivity index (χ0) is 15.2.